The van der Waals surface area contributed by atoms with Crippen molar-refractivity contribution >= 4 is 11.9 Å². The van der Waals surface area contributed by atoms with Crippen molar-refractivity contribution in [1.82, 2.24) is 15.5 Å². The molecule has 1 aromatic rings. The second kappa shape index (κ2) is 7.14. The zero-order valence-electron chi connectivity index (χ0n) is 11.6. The second-order valence-corrected chi connectivity index (χ2v) is 4.97. The topological polar surface area (TPSA) is 87.5 Å². The van der Waals surface area contributed by atoms with E-state index in [1.54, 1.807) is 6.07 Å². The van der Waals surface area contributed by atoms with Gasteiger partial charge in [0.2, 0.25) is 5.91 Å². The molecule has 1 fully saturated rings. The van der Waals surface area contributed by atoms with E-state index in [0.29, 0.717) is 13.1 Å². The van der Waals surface area contributed by atoms with E-state index in [1.165, 1.54) is 12.1 Å². The molecule has 0 aliphatic carbocycles. The summed E-state index contributed by atoms with van der Waals surface area (Å²) in [5.74, 6) is -0.677. The smallest absolute Gasteiger partial charge is 0.318 e. The van der Waals surface area contributed by atoms with Gasteiger partial charge >= 0.3 is 6.03 Å². The molecule has 0 aromatic heterocycles. The number of amides is 3. The fraction of sp³-hybridized carbons (Fsp3) is 0.429. The summed E-state index contributed by atoms with van der Waals surface area (Å²) < 4.78 is 13.4. The minimum atomic E-state index is -0.845. The minimum absolute atomic E-state index is 0.0100. The van der Waals surface area contributed by atoms with Crippen LogP contribution in [0.25, 0.3) is 0 Å². The first-order chi connectivity index (χ1) is 10.1. The maximum atomic E-state index is 13.4. The molecule has 1 unspecified atom stereocenters. The zero-order valence-corrected chi connectivity index (χ0v) is 11.6. The summed E-state index contributed by atoms with van der Waals surface area (Å²) in [6.45, 7) is 2.75. The van der Waals surface area contributed by atoms with Gasteiger partial charge in [0.05, 0.1) is 0 Å². The number of piperazine rings is 1. The van der Waals surface area contributed by atoms with Gasteiger partial charge in [-0.1, -0.05) is 12.1 Å². The molecule has 21 heavy (non-hydrogen) atoms. The number of benzene rings is 1. The third-order valence-corrected chi connectivity index (χ3v) is 3.48. The molecule has 114 valence electrons. The Morgan fingerprint density at radius 1 is 1.48 bits per heavy atom. The molecule has 1 saturated heterocycles. The van der Waals surface area contributed by atoms with Gasteiger partial charge in [0.1, 0.15) is 5.82 Å². The molecule has 1 aliphatic heterocycles. The highest BCUT2D eigenvalue weighted by atomic mass is 19.1. The number of urea groups is 1. The molecule has 1 aromatic carbocycles. The molecule has 1 aliphatic rings. The third kappa shape index (κ3) is 4.51. The summed E-state index contributed by atoms with van der Waals surface area (Å²) in [7, 11) is 0. The lowest BCUT2D eigenvalue weighted by molar-refractivity contribution is -0.120. The summed E-state index contributed by atoms with van der Waals surface area (Å²) >= 11 is 0. The van der Waals surface area contributed by atoms with E-state index in [4.69, 9.17) is 5.73 Å². The van der Waals surface area contributed by atoms with Crippen molar-refractivity contribution in [2.45, 2.75) is 12.5 Å². The van der Waals surface area contributed by atoms with Gasteiger partial charge in [-0.25, -0.2) is 9.18 Å². The number of nitrogens with zero attached hydrogens (tertiary/aromatic N) is 1. The molecular weight excluding hydrogens is 275 g/mol. The van der Waals surface area contributed by atoms with Crippen LogP contribution in [0.1, 0.15) is 18.0 Å². The molecule has 0 bridgehead atoms. The van der Waals surface area contributed by atoms with E-state index in [-0.39, 0.29) is 18.3 Å². The van der Waals surface area contributed by atoms with E-state index in [2.05, 4.69) is 10.2 Å². The monoisotopic (exact) mass is 294 g/mol. The Bertz CT molecular complexity index is 523. The summed E-state index contributed by atoms with van der Waals surface area (Å²) in [4.78, 5) is 24.2. The van der Waals surface area contributed by atoms with Crippen molar-refractivity contribution in [2.75, 3.05) is 26.2 Å². The number of halogens is 1. The van der Waals surface area contributed by atoms with E-state index in [1.807, 2.05) is 11.4 Å². The highest BCUT2D eigenvalue weighted by molar-refractivity contribution is 5.93. The number of carbonyl (C=O) groups is 2. The SMILES string of the molecule is NC(=O)NC(=O)CCN1CCNCC1c1cccc(F)c1. The first-order valence-corrected chi connectivity index (χ1v) is 6.86. The maximum absolute atomic E-state index is 13.4. The van der Waals surface area contributed by atoms with Gasteiger partial charge in [-0.15, -0.1) is 0 Å². The first kappa shape index (κ1) is 15.4. The first-order valence-electron chi connectivity index (χ1n) is 6.86. The normalized spacial score (nSPS) is 19.2. The number of nitrogens with two attached hydrogens (primary N) is 1. The van der Waals surface area contributed by atoms with Crippen LogP contribution < -0.4 is 16.4 Å². The van der Waals surface area contributed by atoms with Crippen LogP contribution in [0.5, 0.6) is 0 Å². The van der Waals surface area contributed by atoms with Gasteiger partial charge in [0, 0.05) is 38.6 Å². The van der Waals surface area contributed by atoms with E-state index < -0.39 is 11.9 Å². The number of carbonyl (C=O) groups excluding carboxylic acids is 2. The van der Waals surface area contributed by atoms with Gasteiger partial charge in [0.15, 0.2) is 0 Å². The highest BCUT2D eigenvalue weighted by Gasteiger charge is 2.24. The Labute approximate surface area is 122 Å². The van der Waals surface area contributed by atoms with Crippen molar-refractivity contribution in [1.29, 1.82) is 0 Å². The number of primary amides is 1. The molecule has 7 heteroatoms. The molecule has 1 atom stereocenters. The Hall–Kier alpha value is -1.99. The van der Waals surface area contributed by atoms with Gasteiger partial charge < -0.3 is 11.1 Å². The Balaban J connectivity index is 1.99. The quantitative estimate of drug-likeness (QED) is 0.748. The summed E-state index contributed by atoms with van der Waals surface area (Å²) in [5, 5.41) is 5.31. The second-order valence-electron chi connectivity index (χ2n) is 4.97. The Kier molecular flexibility index (Phi) is 5.24. The van der Waals surface area contributed by atoms with Crippen molar-refractivity contribution in [3.63, 3.8) is 0 Å². The summed E-state index contributed by atoms with van der Waals surface area (Å²) in [6.07, 6.45) is 0.175. The number of hydrogen-bond acceptors (Lipinski definition) is 4. The lowest BCUT2D eigenvalue weighted by Crippen LogP contribution is -2.47. The molecule has 4 N–H and O–H groups in total. The standard InChI is InChI=1S/C14H19FN4O2/c15-11-3-1-2-10(8-11)12-9-17-5-7-19(12)6-4-13(20)18-14(16)21/h1-3,8,12,17H,4-7,9H2,(H3,16,18,20,21). The summed E-state index contributed by atoms with van der Waals surface area (Å²) in [6, 6.07) is 5.63. The van der Waals surface area contributed by atoms with Crippen molar-refractivity contribution < 1.29 is 14.0 Å². The van der Waals surface area contributed by atoms with Crippen molar-refractivity contribution in [3.8, 4) is 0 Å². The molecule has 3 amide bonds. The van der Waals surface area contributed by atoms with Crippen LogP contribution in [0.3, 0.4) is 0 Å². The maximum Gasteiger partial charge on any atom is 0.318 e. The van der Waals surface area contributed by atoms with Crippen molar-refractivity contribution in [2.24, 2.45) is 5.73 Å². The van der Waals surface area contributed by atoms with E-state index in [0.717, 1.165) is 18.7 Å². The van der Waals surface area contributed by atoms with Crippen LogP contribution in [0.2, 0.25) is 0 Å². The predicted molar refractivity (Wildman–Crippen MR) is 75.9 cm³/mol. The fourth-order valence-corrected chi connectivity index (χ4v) is 2.50. The van der Waals surface area contributed by atoms with Crippen LogP contribution in [0, 0.1) is 5.82 Å². The van der Waals surface area contributed by atoms with E-state index in [9.17, 15) is 14.0 Å². The molecule has 1 heterocycles. The molecule has 0 radical (unpaired) electrons. The lowest BCUT2D eigenvalue weighted by atomic mass is 10.0. The molecule has 6 nitrogen and oxygen atoms in total. The van der Waals surface area contributed by atoms with E-state index >= 15 is 0 Å². The Morgan fingerprint density at radius 2 is 2.29 bits per heavy atom. The Morgan fingerprint density at radius 3 is 3.00 bits per heavy atom. The predicted octanol–water partition coefficient (Wildman–Crippen LogP) is 0.357. The van der Waals surface area contributed by atoms with Crippen LogP contribution in [0.15, 0.2) is 24.3 Å². The number of nitrogens with one attached hydrogen (secondary N) is 2. The van der Waals surface area contributed by atoms with Crippen LogP contribution in [-0.2, 0) is 4.79 Å². The average molecular weight is 294 g/mol. The third-order valence-electron chi connectivity index (χ3n) is 3.48. The average Bonchev–Trinajstić information content (AvgIpc) is 2.45. The molecular formula is C14H19FN4O2. The van der Waals surface area contributed by atoms with Gasteiger partial charge in [-0.2, -0.15) is 0 Å². The highest BCUT2D eigenvalue weighted by Crippen LogP contribution is 2.22. The zero-order chi connectivity index (χ0) is 15.2. The molecule has 2 rings (SSSR count). The van der Waals surface area contributed by atoms with Crippen LogP contribution >= 0.6 is 0 Å². The molecule has 0 saturated carbocycles. The fourth-order valence-electron chi connectivity index (χ4n) is 2.50. The van der Waals surface area contributed by atoms with Gasteiger partial charge in [-0.05, 0) is 17.7 Å². The van der Waals surface area contributed by atoms with Crippen LogP contribution in [0.4, 0.5) is 9.18 Å². The number of rotatable bonds is 4. The van der Waals surface area contributed by atoms with Crippen LogP contribution in [-0.4, -0.2) is 43.0 Å². The lowest BCUT2D eigenvalue weighted by Gasteiger charge is -2.36. The minimum Gasteiger partial charge on any atom is -0.351 e. The van der Waals surface area contributed by atoms with Gasteiger partial charge in [0.25, 0.3) is 0 Å². The van der Waals surface area contributed by atoms with Gasteiger partial charge in [-0.3, -0.25) is 15.0 Å². The largest absolute Gasteiger partial charge is 0.351 e. The summed E-state index contributed by atoms with van der Waals surface area (Å²) in [5.41, 5.74) is 5.77. The molecule has 0 spiro atoms. The number of imide groups is 1. The van der Waals surface area contributed by atoms with Crippen molar-refractivity contribution in [3.05, 3.63) is 35.6 Å². The number of hydrogen-bond donors (Lipinski definition) is 3.